The van der Waals surface area contributed by atoms with Gasteiger partial charge in [-0.25, -0.2) is 0 Å². The van der Waals surface area contributed by atoms with Gasteiger partial charge in [0.15, 0.2) is 0 Å². The van der Waals surface area contributed by atoms with Gasteiger partial charge in [-0.15, -0.1) is 0 Å². The largest absolute Gasteiger partial charge is 0.368 e. The van der Waals surface area contributed by atoms with Crippen molar-refractivity contribution in [1.82, 2.24) is 4.90 Å². The lowest BCUT2D eigenvalue weighted by Crippen LogP contribution is -2.53. The third-order valence-electron chi connectivity index (χ3n) is 4.03. The molecule has 2 fully saturated rings. The van der Waals surface area contributed by atoms with E-state index >= 15 is 0 Å². The molecule has 1 amide bonds. The van der Waals surface area contributed by atoms with E-state index < -0.39 is 11.4 Å². The lowest BCUT2D eigenvalue weighted by atomic mass is 9.93. The molecule has 0 radical (unpaired) electrons. The molecule has 2 atom stereocenters. The van der Waals surface area contributed by atoms with Crippen LogP contribution in [0.2, 0.25) is 0 Å². The van der Waals surface area contributed by atoms with Gasteiger partial charge in [0, 0.05) is 18.6 Å². The van der Waals surface area contributed by atoms with Crippen LogP contribution in [0.25, 0.3) is 0 Å². The Kier molecular flexibility index (Phi) is 3.46. The Hall–Kier alpha value is -0.610. The normalized spacial score (nSPS) is 25.6. The van der Waals surface area contributed by atoms with Gasteiger partial charge in [-0.2, -0.15) is 0 Å². The standard InChI is InChI=1S/C13H25N3O/c1-9(7-13(2,15)12(14)17)16(11-5-6-11)8-10-3-4-10/h9-11H,3-8,15H2,1-2H3,(H2,14,17). The van der Waals surface area contributed by atoms with Gasteiger partial charge in [-0.05, 0) is 51.9 Å². The SMILES string of the molecule is CC(CC(C)(N)C(N)=O)N(CC1CC1)C1CC1. The van der Waals surface area contributed by atoms with Crippen LogP contribution in [0, 0.1) is 5.92 Å². The van der Waals surface area contributed by atoms with E-state index in [4.69, 9.17) is 11.5 Å². The maximum Gasteiger partial charge on any atom is 0.237 e. The summed E-state index contributed by atoms with van der Waals surface area (Å²) < 4.78 is 0. The maximum atomic E-state index is 11.3. The number of rotatable bonds is 7. The lowest BCUT2D eigenvalue weighted by Gasteiger charge is -2.33. The molecule has 0 aromatic carbocycles. The van der Waals surface area contributed by atoms with E-state index in [1.807, 2.05) is 0 Å². The van der Waals surface area contributed by atoms with E-state index in [1.54, 1.807) is 6.92 Å². The van der Waals surface area contributed by atoms with E-state index in [1.165, 1.54) is 32.2 Å². The number of nitrogens with zero attached hydrogens (tertiary/aromatic N) is 1. The fourth-order valence-corrected chi connectivity index (χ4v) is 2.53. The van der Waals surface area contributed by atoms with Crippen LogP contribution in [-0.2, 0) is 4.79 Å². The van der Waals surface area contributed by atoms with Crippen molar-refractivity contribution in [3.05, 3.63) is 0 Å². The van der Waals surface area contributed by atoms with Crippen molar-refractivity contribution in [2.24, 2.45) is 17.4 Å². The van der Waals surface area contributed by atoms with E-state index in [0.29, 0.717) is 12.5 Å². The molecule has 0 aromatic heterocycles. The summed E-state index contributed by atoms with van der Waals surface area (Å²) in [6.45, 7) is 5.10. The fraction of sp³-hybridized carbons (Fsp3) is 0.923. The highest BCUT2D eigenvalue weighted by molar-refractivity contribution is 5.83. The molecule has 2 unspecified atom stereocenters. The van der Waals surface area contributed by atoms with Gasteiger partial charge in [0.25, 0.3) is 0 Å². The summed E-state index contributed by atoms with van der Waals surface area (Å²) in [5.74, 6) is 0.488. The van der Waals surface area contributed by atoms with Crippen molar-refractivity contribution >= 4 is 5.91 Å². The first kappa shape index (κ1) is 12.8. The maximum absolute atomic E-state index is 11.3. The molecule has 4 nitrogen and oxygen atoms in total. The second kappa shape index (κ2) is 4.58. The molecule has 2 aliphatic carbocycles. The van der Waals surface area contributed by atoms with Crippen molar-refractivity contribution in [3.63, 3.8) is 0 Å². The highest BCUT2D eigenvalue weighted by Gasteiger charge is 2.38. The zero-order chi connectivity index (χ0) is 12.6. The third-order valence-corrected chi connectivity index (χ3v) is 4.03. The summed E-state index contributed by atoms with van der Waals surface area (Å²) in [6, 6.07) is 1.08. The Bertz CT molecular complexity index is 295. The Balaban J connectivity index is 1.90. The molecule has 4 N–H and O–H groups in total. The molecule has 2 aliphatic rings. The average Bonchev–Trinajstić information content (AvgIpc) is 3.07. The number of nitrogens with two attached hydrogens (primary N) is 2. The Morgan fingerprint density at radius 3 is 2.41 bits per heavy atom. The summed E-state index contributed by atoms with van der Waals surface area (Å²) >= 11 is 0. The lowest BCUT2D eigenvalue weighted by molar-refractivity contribution is -0.123. The van der Waals surface area contributed by atoms with Gasteiger partial charge in [-0.3, -0.25) is 9.69 Å². The first-order valence-electron chi connectivity index (χ1n) is 6.74. The molecule has 0 saturated heterocycles. The quantitative estimate of drug-likeness (QED) is 0.691. The van der Waals surface area contributed by atoms with Gasteiger partial charge in [0.05, 0.1) is 5.54 Å². The summed E-state index contributed by atoms with van der Waals surface area (Å²) in [6.07, 6.45) is 5.99. The molecule has 2 rings (SSSR count). The second-order valence-electron chi connectivity index (χ2n) is 6.21. The molecule has 0 aliphatic heterocycles. The van der Waals surface area contributed by atoms with Crippen LogP contribution in [0.4, 0.5) is 0 Å². The Labute approximate surface area is 104 Å². The number of primary amides is 1. The molecule has 2 saturated carbocycles. The predicted molar refractivity (Wildman–Crippen MR) is 68.3 cm³/mol. The van der Waals surface area contributed by atoms with Crippen LogP contribution < -0.4 is 11.5 Å². The third kappa shape index (κ3) is 3.42. The summed E-state index contributed by atoms with van der Waals surface area (Å²) in [5.41, 5.74) is 10.4. The number of hydrogen-bond donors (Lipinski definition) is 2. The van der Waals surface area contributed by atoms with Crippen LogP contribution in [0.3, 0.4) is 0 Å². The Morgan fingerprint density at radius 2 is 2.00 bits per heavy atom. The van der Waals surface area contributed by atoms with Crippen molar-refractivity contribution in [1.29, 1.82) is 0 Å². The van der Waals surface area contributed by atoms with Crippen molar-refractivity contribution in [3.8, 4) is 0 Å². The molecular weight excluding hydrogens is 214 g/mol. The van der Waals surface area contributed by atoms with Gasteiger partial charge < -0.3 is 11.5 Å². The summed E-state index contributed by atoms with van der Waals surface area (Å²) in [7, 11) is 0. The highest BCUT2D eigenvalue weighted by atomic mass is 16.1. The van der Waals surface area contributed by atoms with Crippen LogP contribution in [-0.4, -0.2) is 35.0 Å². The minimum atomic E-state index is -0.879. The monoisotopic (exact) mass is 239 g/mol. The molecule has 0 aromatic rings. The number of carbonyl (C=O) groups excluding carboxylic acids is 1. The van der Waals surface area contributed by atoms with E-state index in [0.717, 1.165) is 12.0 Å². The molecular formula is C13H25N3O. The highest BCUT2D eigenvalue weighted by Crippen LogP contribution is 2.36. The topological polar surface area (TPSA) is 72.3 Å². The van der Waals surface area contributed by atoms with Crippen LogP contribution >= 0.6 is 0 Å². The molecule has 0 bridgehead atoms. The van der Waals surface area contributed by atoms with E-state index in [9.17, 15) is 4.79 Å². The number of carbonyl (C=O) groups is 1. The fourth-order valence-electron chi connectivity index (χ4n) is 2.53. The number of amides is 1. The van der Waals surface area contributed by atoms with Gasteiger partial charge in [-0.1, -0.05) is 0 Å². The molecule has 0 spiro atoms. The van der Waals surface area contributed by atoms with Gasteiger partial charge in [0.1, 0.15) is 0 Å². The van der Waals surface area contributed by atoms with Crippen LogP contribution in [0.1, 0.15) is 46.0 Å². The number of hydrogen-bond acceptors (Lipinski definition) is 3. The van der Waals surface area contributed by atoms with Crippen LogP contribution in [0.15, 0.2) is 0 Å². The van der Waals surface area contributed by atoms with Crippen molar-refractivity contribution < 1.29 is 4.79 Å². The average molecular weight is 239 g/mol. The van der Waals surface area contributed by atoms with Crippen molar-refractivity contribution in [2.45, 2.75) is 63.6 Å². The summed E-state index contributed by atoms with van der Waals surface area (Å²) in [5, 5.41) is 0. The molecule has 98 valence electrons. The zero-order valence-corrected chi connectivity index (χ0v) is 11.0. The summed E-state index contributed by atoms with van der Waals surface area (Å²) in [4.78, 5) is 13.8. The molecule has 4 heteroatoms. The minimum Gasteiger partial charge on any atom is -0.368 e. The van der Waals surface area contributed by atoms with Crippen molar-refractivity contribution in [2.75, 3.05) is 6.54 Å². The minimum absolute atomic E-state index is 0.352. The molecule has 17 heavy (non-hydrogen) atoms. The van der Waals surface area contributed by atoms with Gasteiger partial charge in [0.2, 0.25) is 5.91 Å². The first-order valence-corrected chi connectivity index (χ1v) is 6.74. The van der Waals surface area contributed by atoms with Crippen LogP contribution in [0.5, 0.6) is 0 Å². The van der Waals surface area contributed by atoms with Gasteiger partial charge >= 0.3 is 0 Å². The Morgan fingerprint density at radius 1 is 1.41 bits per heavy atom. The van der Waals surface area contributed by atoms with E-state index in [-0.39, 0.29) is 0 Å². The zero-order valence-electron chi connectivity index (χ0n) is 11.0. The first-order chi connectivity index (χ1) is 7.90. The predicted octanol–water partition coefficient (Wildman–Crippen LogP) is 0.842. The molecule has 0 heterocycles. The van der Waals surface area contributed by atoms with E-state index in [2.05, 4.69) is 11.8 Å². The smallest absolute Gasteiger partial charge is 0.237 e. The second-order valence-corrected chi connectivity index (χ2v) is 6.21.